The number of pyridine rings is 1. The van der Waals surface area contributed by atoms with E-state index in [1.165, 1.54) is 12.3 Å². The Balaban J connectivity index is 3.10. The molecule has 4 heteroatoms. The van der Waals surface area contributed by atoms with Gasteiger partial charge in [-0.25, -0.2) is 4.39 Å². The highest BCUT2D eigenvalue weighted by molar-refractivity contribution is 5.19. The van der Waals surface area contributed by atoms with E-state index in [0.717, 1.165) is 12.6 Å². The summed E-state index contributed by atoms with van der Waals surface area (Å²) in [7, 11) is 3.76. The van der Waals surface area contributed by atoms with Crippen LogP contribution in [0, 0.1) is 5.82 Å². The number of rotatable bonds is 4. The van der Waals surface area contributed by atoms with Crippen LogP contribution in [-0.4, -0.2) is 34.6 Å². The van der Waals surface area contributed by atoms with Crippen LogP contribution in [0.25, 0.3) is 0 Å². The fourth-order valence-electron chi connectivity index (χ4n) is 1.70. The molecule has 90 valence electrons. The van der Waals surface area contributed by atoms with Gasteiger partial charge in [0, 0.05) is 17.3 Å². The van der Waals surface area contributed by atoms with Crippen LogP contribution in [0.15, 0.2) is 18.5 Å². The molecule has 0 aliphatic heterocycles. The minimum Gasteiger partial charge on any atom is -0.386 e. The van der Waals surface area contributed by atoms with E-state index >= 15 is 0 Å². The smallest absolute Gasteiger partial charge is 0.147 e. The second kappa shape index (κ2) is 4.89. The van der Waals surface area contributed by atoms with Crippen molar-refractivity contribution in [2.24, 2.45) is 0 Å². The van der Waals surface area contributed by atoms with Crippen LogP contribution >= 0.6 is 0 Å². The largest absolute Gasteiger partial charge is 0.386 e. The van der Waals surface area contributed by atoms with Crippen molar-refractivity contribution in [3.63, 3.8) is 0 Å². The Morgan fingerprint density at radius 3 is 2.62 bits per heavy atom. The Kier molecular flexibility index (Phi) is 3.99. The van der Waals surface area contributed by atoms with Gasteiger partial charge in [0.25, 0.3) is 0 Å². The third kappa shape index (κ3) is 2.23. The predicted octanol–water partition coefficient (Wildman–Crippen LogP) is 1.98. The zero-order chi connectivity index (χ0) is 12.3. The number of aliphatic hydroxyl groups is 1. The van der Waals surface area contributed by atoms with E-state index in [0.29, 0.717) is 5.56 Å². The second-order valence-electron chi connectivity index (χ2n) is 4.40. The van der Waals surface area contributed by atoms with Gasteiger partial charge in [0.2, 0.25) is 0 Å². The predicted molar refractivity (Wildman–Crippen MR) is 61.5 cm³/mol. The molecule has 1 N–H and O–H groups in total. The molecule has 0 aliphatic carbocycles. The molecule has 2 atom stereocenters. The van der Waals surface area contributed by atoms with Crippen LogP contribution in [-0.2, 0) is 0 Å². The monoisotopic (exact) mass is 226 g/mol. The molecule has 0 saturated heterocycles. The molecule has 0 spiro atoms. The van der Waals surface area contributed by atoms with Crippen LogP contribution < -0.4 is 0 Å². The molecule has 16 heavy (non-hydrogen) atoms. The van der Waals surface area contributed by atoms with Crippen molar-refractivity contribution in [2.75, 3.05) is 14.1 Å². The van der Waals surface area contributed by atoms with Gasteiger partial charge >= 0.3 is 0 Å². The van der Waals surface area contributed by atoms with Crippen molar-refractivity contribution in [3.8, 4) is 0 Å². The number of aromatic nitrogens is 1. The van der Waals surface area contributed by atoms with Gasteiger partial charge in [-0.3, -0.25) is 4.98 Å². The van der Waals surface area contributed by atoms with E-state index in [2.05, 4.69) is 4.98 Å². The summed E-state index contributed by atoms with van der Waals surface area (Å²) in [4.78, 5) is 5.59. The first kappa shape index (κ1) is 13.1. The molecule has 0 aromatic carbocycles. The Morgan fingerprint density at radius 2 is 2.19 bits per heavy atom. The van der Waals surface area contributed by atoms with Crippen molar-refractivity contribution in [2.45, 2.75) is 31.9 Å². The van der Waals surface area contributed by atoms with Gasteiger partial charge in [-0.1, -0.05) is 6.92 Å². The van der Waals surface area contributed by atoms with Crippen molar-refractivity contribution in [3.05, 3.63) is 29.8 Å². The van der Waals surface area contributed by atoms with E-state index in [4.69, 9.17) is 0 Å². The minimum atomic E-state index is -0.865. The molecular weight excluding hydrogens is 207 g/mol. The Bertz CT molecular complexity index is 357. The van der Waals surface area contributed by atoms with Crippen molar-refractivity contribution in [1.29, 1.82) is 0 Å². The van der Waals surface area contributed by atoms with Crippen LogP contribution in [0.5, 0.6) is 0 Å². The highest BCUT2D eigenvalue weighted by Gasteiger charge is 2.35. The SMILES string of the molecule is CCC(C)(C(O)c1ccncc1F)N(C)C. The molecule has 2 unspecified atom stereocenters. The molecule has 1 heterocycles. The van der Waals surface area contributed by atoms with Crippen molar-refractivity contribution < 1.29 is 9.50 Å². The molecule has 1 aromatic heterocycles. The molecule has 1 rings (SSSR count). The standard InChI is InChI=1S/C12H19FN2O/c1-5-12(2,15(3)4)11(16)9-6-7-14-8-10(9)13/h6-8,11,16H,5H2,1-4H3. The zero-order valence-electron chi connectivity index (χ0n) is 10.2. The van der Waals surface area contributed by atoms with Gasteiger partial charge < -0.3 is 10.0 Å². The fraction of sp³-hybridized carbons (Fsp3) is 0.583. The summed E-state index contributed by atoms with van der Waals surface area (Å²) >= 11 is 0. The van der Waals surface area contributed by atoms with Gasteiger partial charge in [-0.05, 0) is 33.5 Å². The highest BCUT2D eigenvalue weighted by Crippen LogP contribution is 2.33. The molecule has 0 saturated carbocycles. The second-order valence-corrected chi connectivity index (χ2v) is 4.40. The van der Waals surface area contributed by atoms with Gasteiger partial charge in [0.05, 0.1) is 12.3 Å². The average molecular weight is 226 g/mol. The molecule has 0 aliphatic rings. The van der Waals surface area contributed by atoms with E-state index in [1.54, 1.807) is 0 Å². The number of aliphatic hydroxyl groups excluding tert-OH is 1. The molecular formula is C12H19FN2O. The summed E-state index contributed by atoms with van der Waals surface area (Å²) in [5, 5.41) is 10.3. The first-order valence-corrected chi connectivity index (χ1v) is 5.38. The van der Waals surface area contributed by atoms with E-state index < -0.39 is 17.5 Å². The van der Waals surface area contributed by atoms with Crippen LogP contribution in [0.2, 0.25) is 0 Å². The van der Waals surface area contributed by atoms with Gasteiger partial charge in [0.15, 0.2) is 0 Å². The number of nitrogens with zero attached hydrogens (tertiary/aromatic N) is 2. The van der Waals surface area contributed by atoms with E-state index in [9.17, 15) is 9.50 Å². The van der Waals surface area contributed by atoms with Crippen LogP contribution in [0.1, 0.15) is 31.9 Å². The average Bonchev–Trinajstić information content (AvgIpc) is 2.27. The van der Waals surface area contributed by atoms with Crippen molar-refractivity contribution in [1.82, 2.24) is 9.88 Å². The summed E-state index contributed by atoms with van der Waals surface area (Å²) in [5.74, 6) is -0.462. The third-order valence-electron chi connectivity index (χ3n) is 3.42. The summed E-state index contributed by atoms with van der Waals surface area (Å²) in [6.45, 7) is 3.89. The summed E-state index contributed by atoms with van der Waals surface area (Å²) in [6.07, 6.45) is 2.48. The number of likely N-dealkylation sites (N-methyl/N-ethyl adjacent to an activating group) is 1. The normalized spacial score (nSPS) is 17.2. The first-order valence-electron chi connectivity index (χ1n) is 5.38. The Labute approximate surface area is 95.9 Å². The summed E-state index contributed by atoms with van der Waals surface area (Å²) < 4.78 is 13.5. The number of hydrogen-bond donors (Lipinski definition) is 1. The Hall–Kier alpha value is -1.00. The maximum absolute atomic E-state index is 13.5. The highest BCUT2D eigenvalue weighted by atomic mass is 19.1. The molecule has 0 fully saturated rings. The van der Waals surface area contributed by atoms with E-state index in [1.807, 2.05) is 32.8 Å². The summed E-state index contributed by atoms with van der Waals surface area (Å²) in [5.41, 5.74) is -0.185. The van der Waals surface area contributed by atoms with Gasteiger partial charge in [-0.15, -0.1) is 0 Å². The zero-order valence-corrected chi connectivity index (χ0v) is 10.2. The fourth-order valence-corrected chi connectivity index (χ4v) is 1.70. The molecule has 3 nitrogen and oxygen atoms in total. The Morgan fingerprint density at radius 1 is 1.56 bits per heavy atom. The maximum Gasteiger partial charge on any atom is 0.147 e. The van der Waals surface area contributed by atoms with Crippen molar-refractivity contribution >= 4 is 0 Å². The lowest BCUT2D eigenvalue weighted by molar-refractivity contribution is -0.00124. The third-order valence-corrected chi connectivity index (χ3v) is 3.42. The first-order chi connectivity index (χ1) is 7.43. The van der Waals surface area contributed by atoms with Gasteiger partial charge in [-0.2, -0.15) is 0 Å². The van der Waals surface area contributed by atoms with E-state index in [-0.39, 0.29) is 0 Å². The molecule has 0 bridgehead atoms. The topological polar surface area (TPSA) is 36.4 Å². The molecule has 0 radical (unpaired) electrons. The number of halogens is 1. The lowest BCUT2D eigenvalue weighted by atomic mass is 9.86. The lowest BCUT2D eigenvalue weighted by Crippen LogP contribution is -2.46. The maximum atomic E-state index is 13.5. The number of hydrogen-bond acceptors (Lipinski definition) is 3. The molecule has 0 amide bonds. The minimum absolute atomic E-state index is 0.299. The van der Waals surface area contributed by atoms with Crippen LogP contribution in [0.3, 0.4) is 0 Å². The van der Waals surface area contributed by atoms with Gasteiger partial charge in [0.1, 0.15) is 5.82 Å². The van der Waals surface area contributed by atoms with Crippen LogP contribution in [0.4, 0.5) is 4.39 Å². The quantitative estimate of drug-likeness (QED) is 0.853. The lowest BCUT2D eigenvalue weighted by Gasteiger charge is -2.40. The molecule has 1 aromatic rings. The summed E-state index contributed by atoms with van der Waals surface area (Å²) in [6, 6.07) is 1.53.